The molecular weight excluding hydrogens is 486 g/mol. The van der Waals surface area contributed by atoms with Crippen molar-refractivity contribution in [2.24, 2.45) is 0 Å². The molecule has 2 aromatic carbocycles. The number of halogens is 2. The number of esters is 1. The molecule has 0 radical (unpaired) electrons. The molecule has 2 aromatic rings. The Labute approximate surface area is 225 Å². The molecule has 0 aromatic heterocycles. The zero-order chi connectivity index (χ0) is 26.9. The predicted molar refractivity (Wildman–Crippen MR) is 145 cm³/mol. The SMILES string of the molecule is CCCCCCCCCC(=O)OC1CN(C2CC(c3ccc(F)cc3)c3ccc(F)cc32)CCN1CCO. The molecule has 5 nitrogen and oxygen atoms in total. The molecule has 38 heavy (non-hydrogen) atoms. The van der Waals surface area contributed by atoms with Gasteiger partial charge in [0.2, 0.25) is 0 Å². The number of β-amino-alcohol motifs (C(OH)–C–C–N with tert-alkyl or cyclic N) is 1. The van der Waals surface area contributed by atoms with Crippen LogP contribution in [0.15, 0.2) is 42.5 Å². The Kier molecular flexibility index (Phi) is 10.7. The molecule has 208 valence electrons. The summed E-state index contributed by atoms with van der Waals surface area (Å²) in [5, 5.41) is 9.59. The summed E-state index contributed by atoms with van der Waals surface area (Å²) in [4.78, 5) is 17.0. The van der Waals surface area contributed by atoms with Crippen LogP contribution in [-0.4, -0.2) is 59.9 Å². The van der Waals surface area contributed by atoms with Crippen LogP contribution in [0, 0.1) is 11.6 Å². The molecule has 2 aliphatic rings. The van der Waals surface area contributed by atoms with Gasteiger partial charge in [0.05, 0.1) is 13.2 Å². The van der Waals surface area contributed by atoms with Crippen LogP contribution in [0.3, 0.4) is 0 Å². The van der Waals surface area contributed by atoms with E-state index in [0.717, 1.165) is 48.9 Å². The van der Waals surface area contributed by atoms with Gasteiger partial charge in [-0.15, -0.1) is 0 Å². The average Bonchev–Trinajstić information content (AvgIpc) is 3.28. The van der Waals surface area contributed by atoms with Gasteiger partial charge >= 0.3 is 5.97 Å². The monoisotopic (exact) mass is 528 g/mol. The van der Waals surface area contributed by atoms with Gasteiger partial charge in [0.25, 0.3) is 0 Å². The zero-order valence-electron chi connectivity index (χ0n) is 22.6. The minimum atomic E-state index is -0.449. The number of benzene rings is 2. The molecule has 3 atom stereocenters. The highest BCUT2D eigenvalue weighted by Crippen LogP contribution is 2.47. The fourth-order valence-electron chi connectivity index (χ4n) is 6.01. The Hall–Kier alpha value is -2.35. The molecule has 1 aliphatic heterocycles. The third kappa shape index (κ3) is 7.39. The summed E-state index contributed by atoms with van der Waals surface area (Å²) in [5.41, 5.74) is 3.02. The van der Waals surface area contributed by atoms with Gasteiger partial charge in [-0.1, -0.05) is 63.6 Å². The smallest absolute Gasteiger partial charge is 0.307 e. The first-order valence-electron chi connectivity index (χ1n) is 14.3. The van der Waals surface area contributed by atoms with Crippen LogP contribution in [0.4, 0.5) is 8.78 Å². The summed E-state index contributed by atoms with van der Waals surface area (Å²) in [5.74, 6) is -0.700. The van der Waals surface area contributed by atoms with E-state index in [0.29, 0.717) is 26.1 Å². The van der Waals surface area contributed by atoms with Crippen molar-refractivity contribution in [2.45, 2.75) is 82.9 Å². The summed E-state index contributed by atoms with van der Waals surface area (Å²) >= 11 is 0. The topological polar surface area (TPSA) is 53.0 Å². The van der Waals surface area contributed by atoms with Gasteiger partial charge < -0.3 is 9.84 Å². The number of aliphatic hydroxyl groups excluding tert-OH is 1. The number of carbonyl (C=O) groups is 1. The van der Waals surface area contributed by atoms with E-state index in [-0.39, 0.29) is 36.2 Å². The lowest BCUT2D eigenvalue weighted by Gasteiger charge is -2.43. The first kappa shape index (κ1) is 28.7. The van der Waals surface area contributed by atoms with Crippen molar-refractivity contribution < 1.29 is 23.4 Å². The molecule has 7 heteroatoms. The fraction of sp³-hybridized carbons (Fsp3) is 0.581. The van der Waals surface area contributed by atoms with E-state index in [4.69, 9.17) is 4.74 Å². The molecule has 0 spiro atoms. The number of unbranched alkanes of at least 4 members (excludes halogenated alkanes) is 6. The van der Waals surface area contributed by atoms with Crippen LogP contribution in [0.2, 0.25) is 0 Å². The van der Waals surface area contributed by atoms with Crippen molar-refractivity contribution >= 4 is 5.97 Å². The lowest BCUT2D eigenvalue weighted by Crippen LogP contribution is -2.55. The zero-order valence-corrected chi connectivity index (χ0v) is 22.6. The van der Waals surface area contributed by atoms with E-state index < -0.39 is 6.23 Å². The molecule has 0 saturated carbocycles. The minimum Gasteiger partial charge on any atom is -0.445 e. The van der Waals surface area contributed by atoms with E-state index >= 15 is 0 Å². The average molecular weight is 529 g/mol. The van der Waals surface area contributed by atoms with Gasteiger partial charge in [0, 0.05) is 38.0 Å². The highest BCUT2D eigenvalue weighted by atomic mass is 19.1. The Morgan fingerprint density at radius 3 is 2.39 bits per heavy atom. The van der Waals surface area contributed by atoms with E-state index in [1.807, 2.05) is 23.1 Å². The third-order valence-electron chi connectivity index (χ3n) is 8.07. The van der Waals surface area contributed by atoms with Crippen LogP contribution < -0.4 is 0 Å². The van der Waals surface area contributed by atoms with E-state index in [1.54, 1.807) is 6.07 Å². The van der Waals surface area contributed by atoms with Crippen molar-refractivity contribution in [2.75, 3.05) is 32.8 Å². The van der Waals surface area contributed by atoms with Gasteiger partial charge in [-0.3, -0.25) is 14.6 Å². The summed E-state index contributed by atoms with van der Waals surface area (Å²) in [6, 6.07) is 11.5. The number of aliphatic hydroxyl groups is 1. The van der Waals surface area contributed by atoms with Crippen LogP contribution in [0.25, 0.3) is 0 Å². The number of hydrogen-bond acceptors (Lipinski definition) is 5. The Bertz CT molecular complexity index is 1030. The summed E-state index contributed by atoms with van der Waals surface area (Å²) < 4.78 is 33.9. The van der Waals surface area contributed by atoms with Crippen LogP contribution >= 0.6 is 0 Å². The van der Waals surface area contributed by atoms with E-state index in [1.165, 1.54) is 43.9 Å². The van der Waals surface area contributed by atoms with Crippen molar-refractivity contribution in [3.8, 4) is 0 Å². The Morgan fingerprint density at radius 1 is 0.947 bits per heavy atom. The van der Waals surface area contributed by atoms with Crippen molar-refractivity contribution in [3.05, 3.63) is 70.8 Å². The first-order chi connectivity index (χ1) is 18.5. The minimum absolute atomic E-state index is 0.00404. The number of fused-ring (bicyclic) bond motifs is 1. The number of piperazine rings is 1. The molecule has 1 saturated heterocycles. The number of carbonyl (C=O) groups excluding carboxylic acids is 1. The number of hydrogen-bond donors (Lipinski definition) is 1. The summed E-state index contributed by atoms with van der Waals surface area (Å²) in [6.45, 7) is 4.52. The largest absolute Gasteiger partial charge is 0.445 e. The molecular formula is C31H42F2N2O3. The van der Waals surface area contributed by atoms with Crippen molar-refractivity contribution in [1.82, 2.24) is 9.80 Å². The summed E-state index contributed by atoms with van der Waals surface area (Å²) in [7, 11) is 0. The highest BCUT2D eigenvalue weighted by molar-refractivity contribution is 5.69. The van der Waals surface area contributed by atoms with Gasteiger partial charge in [-0.2, -0.15) is 0 Å². The Balaban J connectivity index is 1.41. The molecule has 0 amide bonds. The molecule has 1 N–H and O–H groups in total. The van der Waals surface area contributed by atoms with Crippen molar-refractivity contribution in [3.63, 3.8) is 0 Å². The normalized spacial score (nSPS) is 21.9. The maximum atomic E-state index is 14.4. The predicted octanol–water partition coefficient (Wildman–Crippen LogP) is 6.16. The molecule has 1 aliphatic carbocycles. The second-order valence-corrected chi connectivity index (χ2v) is 10.7. The lowest BCUT2D eigenvalue weighted by molar-refractivity contribution is -0.168. The van der Waals surface area contributed by atoms with E-state index in [2.05, 4.69) is 11.8 Å². The number of nitrogens with zero attached hydrogens (tertiary/aromatic N) is 2. The maximum absolute atomic E-state index is 14.4. The van der Waals surface area contributed by atoms with E-state index in [9.17, 15) is 18.7 Å². The van der Waals surface area contributed by atoms with Gasteiger partial charge in [0.15, 0.2) is 6.23 Å². The second-order valence-electron chi connectivity index (χ2n) is 10.7. The van der Waals surface area contributed by atoms with Gasteiger partial charge in [-0.25, -0.2) is 8.78 Å². The van der Waals surface area contributed by atoms with Gasteiger partial charge in [0.1, 0.15) is 11.6 Å². The molecule has 1 fully saturated rings. The van der Waals surface area contributed by atoms with Crippen LogP contribution in [-0.2, 0) is 9.53 Å². The first-order valence-corrected chi connectivity index (χ1v) is 14.3. The van der Waals surface area contributed by atoms with Crippen LogP contribution in [0.5, 0.6) is 0 Å². The standard InChI is InChI=1S/C31H42F2N2O3/c1-2-3-4-5-6-7-8-9-31(37)38-30-22-35(17-16-34(30)18-19-36)29-21-27(23-10-12-24(32)13-11-23)26-15-14-25(33)20-28(26)29/h10-15,20,27,29-30,36H,2-9,16-19,21-22H2,1H3. The highest BCUT2D eigenvalue weighted by Gasteiger charge is 2.39. The third-order valence-corrected chi connectivity index (χ3v) is 8.07. The number of rotatable bonds is 13. The quantitative estimate of drug-likeness (QED) is 0.249. The Morgan fingerprint density at radius 2 is 1.66 bits per heavy atom. The molecule has 1 heterocycles. The van der Waals surface area contributed by atoms with Crippen molar-refractivity contribution in [1.29, 1.82) is 0 Å². The lowest BCUT2D eigenvalue weighted by atomic mass is 9.93. The summed E-state index contributed by atoms with van der Waals surface area (Å²) in [6.07, 6.45) is 8.68. The van der Waals surface area contributed by atoms with Gasteiger partial charge in [-0.05, 0) is 53.8 Å². The molecule has 3 unspecified atom stereocenters. The fourth-order valence-corrected chi connectivity index (χ4v) is 6.01. The maximum Gasteiger partial charge on any atom is 0.307 e. The van der Waals surface area contributed by atoms with Crippen LogP contribution in [0.1, 0.15) is 93.4 Å². The number of ether oxygens (including phenoxy) is 1. The molecule has 4 rings (SSSR count). The molecule has 0 bridgehead atoms. The second kappa shape index (κ2) is 14.2.